The average molecular weight is 397 g/mol. The van der Waals surface area contributed by atoms with Gasteiger partial charge in [0.1, 0.15) is 11.6 Å². The molecular formula is C21H20FN3O2S. The number of hydrogen-bond donors (Lipinski definition) is 2. The molecule has 2 N–H and O–H groups in total. The standard InChI is InChI=1S/C21H20FN3O2S/c22-13-8-9-18-15(12-13)17(10-11-28-18)24-20(26)7-3-6-19-23-16-5-2-1-4-14(16)21(27)25-19/h1-2,4-5,8-9,12,17H,3,6-7,10-11H2,(H,24,26)(H,23,25,27). The fourth-order valence-corrected chi connectivity index (χ4v) is 4.56. The summed E-state index contributed by atoms with van der Waals surface area (Å²) >= 11 is 1.69. The first-order chi connectivity index (χ1) is 13.6. The van der Waals surface area contributed by atoms with E-state index in [1.165, 1.54) is 12.1 Å². The maximum absolute atomic E-state index is 13.6. The van der Waals surface area contributed by atoms with Gasteiger partial charge in [-0.2, -0.15) is 0 Å². The lowest BCUT2D eigenvalue weighted by Crippen LogP contribution is -2.30. The minimum atomic E-state index is -0.285. The van der Waals surface area contributed by atoms with E-state index in [0.717, 1.165) is 22.6 Å². The summed E-state index contributed by atoms with van der Waals surface area (Å²) in [5.41, 5.74) is 1.34. The molecule has 7 heteroatoms. The van der Waals surface area contributed by atoms with Crippen LogP contribution in [0.4, 0.5) is 4.39 Å². The van der Waals surface area contributed by atoms with E-state index in [1.54, 1.807) is 36.0 Å². The fraction of sp³-hybridized carbons (Fsp3) is 0.286. The summed E-state index contributed by atoms with van der Waals surface area (Å²) in [6.45, 7) is 0. The summed E-state index contributed by atoms with van der Waals surface area (Å²) in [7, 11) is 0. The molecule has 1 aromatic heterocycles. The Kier molecular flexibility index (Phi) is 5.43. The molecule has 0 fully saturated rings. The topological polar surface area (TPSA) is 74.8 Å². The molecule has 1 aliphatic rings. The molecule has 4 rings (SSSR count). The summed E-state index contributed by atoms with van der Waals surface area (Å²) < 4.78 is 13.6. The van der Waals surface area contributed by atoms with Crippen molar-refractivity contribution in [1.29, 1.82) is 0 Å². The number of halogens is 1. The quantitative estimate of drug-likeness (QED) is 0.688. The average Bonchev–Trinajstić information content (AvgIpc) is 2.68. The third-order valence-electron chi connectivity index (χ3n) is 4.83. The highest BCUT2D eigenvalue weighted by atomic mass is 32.2. The number of H-pyrrole nitrogens is 1. The molecule has 1 unspecified atom stereocenters. The zero-order valence-corrected chi connectivity index (χ0v) is 16.0. The highest BCUT2D eigenvalue weighted by molar-refractivity contribution is 7.99. The molecule has 2 heterocycles. The Morgan fingerprint density at radius 3 is 3.04 bits per heavy atom. The summed E-state index contributed by atoms with van der Waals surface area (Å²) in [6, 6.07) is 11.8. The van der Waals surface area contributed by atoms with Gasteiger partial charge in [-0.25, -0.2) is 9.37 Å². The second-order valence-corrected chi connectivity index (χ2v) is 7.96. The van der Waals surface area contributed by atoms with Crippen LogP contribution < -0.4 is 10.9 Å². The van der Waals surface area contributed by atoms with Gasteiger partial charge in [-0.05, 0) is 48.7 Å². The molecule has 0 radical (unpaired) electrons. The third kappa shape index (κ3) is 4.09. The first-order valence-electron chi connectivity index (χ1n) is 9.30. The first-order valence-corrected chi connectivity index (χ1v) is 10.3. The van der Waals surface area contributed by atoms with E-state index in [4.69, 9.17) is 0 Å². The van der Waals surface area contributed by atoms with Crippen LogP contribution in [0.3, 0.4) is 0 Å². The fourth-order valence-electron chi connectivity index (χ4n) is 3.45. The molecular weight excluding hydrogens is 377 g/mol. The van der Waals surface area contributed by atoms with Gasteiger partial charge < -0.3 is 10.3 Å². The number of rotatable bonds is 5. The van der Waals surface area contributed by atoms with Crippen LogP contribution in [0.5, 0.6) is 0 Å². The third-order valence-corrected chi connectivity index (χ3v) is 5.95. The molecule has 1 atom stereocenters. The second kappa shape index (κ2) is 8.14. The predicted molar refractivity (Wildman–Crippen MR) is 108 cm³/mol. The number of nitrogens with one attached hydrogen (secondary N) is 2. The number of aromatic amines is 1. The van der Waals surface area contributed by atoms with Crippen molar-refractivity contribution in [3.8, 4) is 0 Å². The Morgan fingerprint density at radius 2 is 2.14 bits per heavy atom. The Labute approximate surface area is 165 Å². The van der Waals surface area contributed by atoms with Crippen LogP contribution in [0.15, 0.2) is 52.2 Å². The lowest BCUT2D eigenvalue weighted by Gasteiger charge is -2.26. The number of aromatic nitrogens is 2. The smallest absolute Gasteiger partial charge is 0.258 e. The molecule has 5 nitrogen and oxygen atoms in total. The maximum atomic E-state index is 13.6. The number of amides is 1. The van der Waals surface area contributed by atoms with Crippen molar-refractivity contribution in [2.75, 3.05) is 5.75 Å². The van der Waals surface area contributed by atoms with E-state index in [0.29, 0.717) is 36.0 Å². The summed E-state index contributed by atoms with van der Waals surface area (Å²) in [4.78, 5) is 32.7. The number of nitrogens with zero attached hydrogens (tertiary/aromatic N) is 1. The molecule has 28 heavy (non-hydrogen) atoms. The lowest BCUT2D eigenvalue weighted by atomic mass is 10.0. The minimum absolute atomic E-state index is 0.0738. The van der Waals surface area contributed by atoms with Crippen LogP contribution in [0, 0.1) is 5.82 Å². The van der Waals surface area contributed by atoms with Crippen LogP contribution in [0.25, 0.3) is 10.9 Å². The van der Waals surface area contributed by atoms with Gasteiger partial charge >= 0.3 is 0 Å². The summed E-state index contributed by atoms with van der Waals surface area (Å²) in [5.74, 6) is 1.12. The van der Waals surface area contributed by atoms with Crippen molar-refractivity contribution in [3.63, 3.8) is 0 Å². The van der Waals surface area contributed by atoms with E-state index >= 15 is 0 Å². The van der Waals surface area contributed by atoms with Crippen molar-refractivity contribution >= 4 is 28.6 Å². The van der Waals surface area contributed by atoms with Crippen molar-refractivity contribution in [2.24, 2.45) is 0 Å². The van der Waals surface area contributed by atoms with Gasteiger partial charge in [0, 0.05) is 23.5 Å². The highest BCUT2D eigenvalue weighted by Gasteiger charge is 2.22. The molecule has 2 aromatic carbocycles. The Balaban J connectivity index is 1.36. The summed E-state index contributed by atoms with van der Waals surface area (Å²) in [6.07, 6.45) is 2.20. The van der Waals surface area contributed by atoms with E-state index in [1.807, 2.05) is 6.07 Å². The van der Waals surface area contributed by atoms with Crippen LogP contribution >= 0.6 is 11.8 Å². The lowest BCUT2D eigenvalue weighted by molar-refractivity contribution is -0.122. The van der Waals surface area contributed by atoms with Gasteiger partial charge in [0.2, 0.25) is 5.91 Å². The molecule has 0 aliphatic carbocycles. The normalized spacial score (nSPS) is 16.0. The number of carbonyl (C=O) groups excluding carboxylic acids is 1. The van der Waals surface area contributed by atoms with Crippen molar-refractivity contribution in [2.45, 2.75) is 36.6 Å². The zero-order valence-electron chi connectivity index (χ0n) is 15.2. The van der Waals surface area contributed by atoms with Crippen LogP contribution in [-0.4, -0.2) is 21.6 Å². The van der Waals surface area contributed by atoms with Crippen LogP contribution in [0.2, 0.25) is 0 Å². The van der Waals surface area contributed by atoms with E-state index in [9.17, 15) is 14.0 Å². The van der Waals surface area contributed by atoms with Crippen LogP contribution in [0.1, 0.15) is 36.7 Å². The Hall–Kier alpha value is -2.67. The van der Waals surface area contributed by atoms with Crippen molar-refractivity contribution in [1.82, 2.24) is 15.3 Å². The number of carbonyl (C=O) groups is 1. The summed E-state index contributed by atoms with van der Waals surface area (Å²) in [5, 5.41) is 3.58. The van der Waals surface area contributed by atoms with Gasteiger partial charge in [0.15, 0.2) is 0 Å². The largest absolute Gasteiger partial charge is 0.349 e. The molecule has 144 valence electrons. The monoisotopic (exact) mass is 397 g/mol. The molecule has 1 aliphatic heterocycles. The maximum Gasteiger partial charge on any atom is 0.258 e. The molecule has 0 saturated carbocycles. The Bertz CT molecular complexity index is 1080. The first kappa shape index (κ1) is 18.7. The highest BCUT2D eigenvalue weighted by Crippen LogP contribution is 2.36. The Morgan fingerprint density at radius 1 is 1.29 bits per heavy atom. The van der Waals surface area contributed by atoms with Gasteiger partial charge in [-0.15, -0.1) is 11.8 Å². The predicted octanol–water partition coefficient (Wildman–Crippen LogP) is 3.74. The van der Waals surface area contributed by atoms with E-state index in [-0.39, 0.29) is 23.3 Å². The zero-order chi connectivity index (χ0) is 19.5. The minimum Gasteiger partial charge on any atom is -0.349 e. The second-order valence-electron chi connectivity index (χ2n) is 6.82. The number of benzene rings is 2. The van der Waals surface area contributed by atoms with Crippen molar-refractivity contribution in [3.05, 3.63) is 70.0 Å². The number of hydrogen-bond acceptors (Lipinski definition) is 4. The van der Waals surface area contributed by atoms with Gasteiger partial charge in [0.25, 0.3) is 5.56 Å². The number of para-hydroxylation sites is 1. The molecule has 3 aromatic rings. The van der Waals surface area contributed by atoms with Gasteiger partial charge in [-0.1, -0.05) is 12.1 Å². The van der Waals surface area contributed by atoms with E-state index < -0.39 is 0 Å². The number of fused-ring (bicyclic) bond motifs is 2. The van der Waals surface area contributed by atoms with Crippen molar-refractivity contribution < 1.29 is 9.18 Å². The number of aryl methyl sites for hydroxylation is 1. The van der Waals surface area contributed by atoms with Crippen LogP contribution in [-0.2, 0) is 11.2 Å². The van der Waals surface area contributed by atoms with Gasteiger partial charge in [0.05, 0.1) is 16.9 Å². The SMILES string of the molecule is O=C(CCCc1nc2ccccc2c(=O)[nH]1)NC1CCSc2ccc(F)cc21. The molecule has 1 amide bonds. The van der Waals surface area contributed by atoms with E-state index in [2.05, 4.69) is 15.3 Å². The van der Waals surface area contributed by atoms with Gasteiger partial charge in [-0.3, -0.25) is 9.59 Å². The molecule has 0 spiro atoms. The molecule has 0 bridgehead atoms. The molecule has 0 saturated heterocycles. The number of thioether (sulfide) groups is 1.